The van der Waals surface area contributed by atoms with E-state index in [-0.39, 0.29) is 5.91 Å². The number of aromatic nitrogens is 3. The van der Waals surface area contributed by atoms with Crippen LogP contribution in [0.25, 0.3) is 0 Å². The van der Waals surface area contributed by atoms with E-state index < -0.39 is 0 Å². The molecule has 2 N–H and O–H groups in total. The van der Waals surface area contributed by atoms with Crippen molar-refractivity contribution >= 4 is 28.2 Å². The van der Waals surface area contributed by atoms with Crippen LogP contribution in [0.5, 0.6) is 0 Å². The normalized spacial score (nSPS) is 14.6. The molecule has 0 unspecified atom stereocenters. The van der Waals surface area contributed by atoms with E-state index >= 15 is 0 Å². The Hall–Kier alpha value is -2.26. The van der Waals surface area contributed by atoms with E-state index in [1.165, 1.54) is 17.7 Å². The molecular weight excluding hydrogens is 316 g/mol. The van der Waals surface area contributed by atoms with E-state index in [1.807, 2.05) is 6.07 Å². The zero-order chi connectivity index (χ0) is 16.1. The van der Waals surface area contributed by atoms with Gasteiger partial charge in [0.2, 0.25) is 0 Å². The van der Waals surface area contributed by atoms with Crippen molar-refractivity contribution < 1.29 is 9.53 Å². The van der Waals surface area contributed by atoms with Crippen LogP contribution in [0.2, 0.25) is 0 Å². The summed E-state index contributed by atoms with van der Waals surface area (Å²) in [4.78, 5) is 26.9. The lowest BCUT2D eigenvalue weighted by Crippen LogP contribution is -2.37. The summed E-state index contributed by atoms with van der Waals surface area (Å²) in [5.74, 6) is 0.646. The topological polar surface area (TPSA) is 92.3 Å². The van der Waals surface area contributed by atoms with Crippen molar-refractivity contribution in [2.45, 2.75) is 6.54 Å². The summed E-state index contributed by atoms with van der Waals surface area (Å²) in [6, 6.07) is 1.89. The monoisotopic (exact) mass is 334 g/mol. The van der Waals surface area contributed by atoms with Crippen molar-refractivity contribution in [3.63, 3.8) is 0 Å². The number of hydrogen-bond donors (Lipinski definition) is 2. The second kappa shape index (κ2) is 7.34. The maximum Gasteiger partial charge on any atom is 0.271 e. The van der Waals surface area contributed by atoms with Gasteiger partial charge in [0.05, 0.1) is 25.5 Å². The third-order valence-corrected chi connectivity index (χ3v) is 4.28. The van der Waals surface area contributed by atoms with E-state index in [2.05, 4.69) is 30.5 Å². The van der Waals surface area contributed by atoms with Crippen molar-refractivity contribution in [1.82, 2.24) is 20.3 Å². The van der Waals surface area contributed by atoms with Gasteiger partial charge in [-0.1, -0.05) is 0 Å². The molecule has 9 heteroatoms. The molecule has 1 saturated heterocycles. The Kier molecular flexibility index (Phi) is 4.99. The fourth-order valence-electron chi connectivity index (χ4n) is 2.20. The number of hydrogen-bond acceptors (Lipinski definition) is 8. The lowest BCUT2D eigenvalue weighted by molar-refractivity contribution is 0.0946. The molecule has 2 aromatic heterocycles. The molecule has 3 heterocycles. The van der Waals surface area contributed by atoms with Crippen LogP contribution in [0, 0.1) is 0 Å². The van der Waals surface area contributed by atoms with Gasteiger partial charge in [0.25, 0.3) is 5.91 Å². The number of carbonyl (C=O) groups is 1. The lowest BCUT2D eigenvalue weighted by Gasteiger charge is -2.27. The molecule has 1 amide bonds. The molecule has 1 aliphatic rings. The molecule has 122 valence electrons. The number of amides is 1. The highest BCUT2D eigenvalue weighted by atomic mass is 32.1. The Balaban J connectivity index is 1.60. The highest BCUT2D eigenvalue weighted by molar-refractivity contribution is 7.13. The summed E-state index contributed by atoms with van der Waals surface area (Å²) >= 11 is 1.39. The van der Waals surface area contributed by atoms with E-state index in [0.29, 0.717) is 30.6 Å². The van der Waals surface area contributed by atoms with Gasteiger partial charge in [-0.25, -0.2) is 15.0 Å². The van der Waals surface area contributed by atoms with E-state index in [9.17, 15) is 4.79 Å². The van der Waals surface area contributed by atoms with Crippen molar-refractivity contribution in [3.8, 4) is 0 Å². The molecule has 0 spiro atoms. The van der Waals surface area contributed by atoms with Gasteiger partial charge < -0.3 is 20.3 Å². The maximum atomic E-state index is 12.1. The van der Waals surface area contributed by atoms with Crippen LogP contribution >= 0.6 is 11.3 Å². The van der Waals surface area contributed by atoms with Gasteiger partial charge in [0.15, 0.2) is 5.13 Å². The van der Waals surface area contributed by atoms with Gasteiger partial charge in [-0.15, -0.1) is 11.3 Å². The molecule has 0 saturated carbocycles. The van der Waals surface area contributed by atoms with Crippen LogP contribution in [0.4, 0.5) is 10.9 Å². The molecule has 0 radical (unpaired) electrons. The summed E-state index contributed by atoms with van der Waals surface area (Å²) in [5.41, 5.74) is 1.17. The standard InChI is InChI=1S/C14H18N6O2S/c1-15-14-19-11(8-23-14)13(21)16-7-10-6-12(18-9-17-10)20-2-4-22-5-3-20/h6,8-9H,2-5,7H2,1H3,(H,15,19)(H,16,21). The van der Waals surface area contributed by atoms with E-state index in [1.54, 1.807) is 12.4 Å². The van der Waals surface area contributed by atoms with Crippen LogP contribution in [-0.4, -0.2) is 54.2 Å². The predicted molar refractivity (Wildman–Crippen MR) is 87.9 cm³/mol. The molecule has 0 atom stereocenters. The molecule has 3 rings (SSSR count). The van der Waals surface area contributed by atoms with Gasteiger partial charge >= 0.3 is 0 Å². The summed E-state index contributed by atoms with van der Waals surface area (Å²) in [6.45, 7) is 3.37. The van der Waals surface area contributed by atoms with Crippen LogP contribution in [-0.2, 0) is 11.3 Å². The van der Waals surface area contributed by atoms with E-state index in [0.717, 1.165) is 24.6 Å². The number of carbonyl (C=O) groups excluding carboxylic acids is 1. The average molecular weight is 334 g/mol. The summed E-state index contributed by atoms with van der Waals surface area (Å²) in [7, 11) is 1.77. The number of nitrogens with one attached hydrogen (secondary N) is 2. The van der Waals surface area contributed by atoms with E-state index in [4.69, 9.17) is 4.74 Å². The number of rotatable bonds is 5. The minimum Gasteiger partial charge on any atom is -0.378 e. The summed E-state index contributed by atoms with van der Waals surface area (Å²) in [5, 5.41) is 8.17. The van der Waals surface area contributed by atoms with Crippen LogP contribution in [0.3, 0.4) is 0 Å². The Bertz CT molecular complexity index is 671. The average Bonchev–Trinajstić information content (AvgIpc) is 3.10. The molecule has 1 fully saturated rings. The van der Waals surface area contributed by atoms with Gasteiger partial charge in [-0.05, 0) is 0 Å². The minimum absolute atomic E-state index is 0.214. The quantitative estimate of drug-likeness (QED) is 0.833. The maximum absolute atomic E-state index is 12.1. The zero-order valence-corrected chi connectivity index (χ0v) is 13.6. The van der Waals surface area contributed by atoms with Crippen LogP contribution in [0.15, 0.2) is 17.8 Å². The summed E-state index contributed by atoms with van der Waals surface area (Å²) in [6.07, 6.45) is 1.52. The van der Waals surface area contributed by atoms with Gasteiger partial charge in [-0.2, -0.15) is 0 Å². The number of morpholine rings is 1. The first-order chi connectivity index (χ1) is 11.3. The number of thiazole rings is 1. The first-order valence-corrected chi connectivity index (χ1v) is 8.19. The first-order valence-electron chi connectivity index (χ1n) is 7.31. The van der Waals surface area contributed by atoms with Crippen molar-refractivity contribution in [1.29, 1.82) is 0 Å². The summed E-state index contributed by atoms with van der Waals surface area (Å²) < 4.78 is 5.34. The molecule has 0 aromatic carbocycles. The largest absolute Gasteiger partial charge is 0.378 e. The Morgan fingerprint density at radius 1 is 1.39 bits per heavy atom. The van der Waals surface area contributed by atoms with Crippen molar-refractivity contribution in [3.05, 3.63) is 29.2 Å². The van der Waals surface area contributed by atoms with Gasteiger partial charge in [-0.3, -0.25) is 4.79 Å². The molecular formula is C14H18N6O2S. The number of anilines is 2. The van der Waals surface area contributed by atoms with Crippen molar-refractivity contribution in [2.24, 2.45) is 0 Å². The predicted octanol–water partition coefficient (Wildman–Crippen LogP) is 0.741. The molecule has 0 aliphatic carbocycles. The van der Waals surface area contributed by atoms with Gasteiger partial charge in [0.1, 0.15) is 17.8 Å². The fraction of sp³-hybridized carbons (Fsp3) is 0.429. The highest BCUT2D eigenvalue weighted by Gasteiger charge is 2.14. The molecule has 2 aromatic rings. The molecule has 23 heavy (non-hydrogen) atoms. The smallest absolute Gasteiger partial charge is 0.271 e. The Labute approximate surface area is 137 Å². The van der Waals surface area contributed by atoms with Crippen LogP contribution in [0.1, 0.15) is 16.2 Å². The SMILES string of the molecule is CNc1nc(C(=O)NCc2cc(N3CCOCC3)ncn2)cs1. The van der Waals surface area contributed by atoms with Gasteiger partial charge in [0, 0.05) is 31.6 Å². The fourth-order valence-corrected chi connectivity index (χ4v) is 2.85. The zero-order valence-electron chi connectivity index (χ0n) is 12.8. The Morgan fingerprint density at radius 3 is 2.96 bits per heavy atom. The molecule has 8 nitrogen and oxygen atoms in total. The first kappa shape index (κ1) is 15.6. The van der Waals surface area contributed by atoms with Crippen molar-refractivity contribution in [2.75, 3.05) is 43.6 Å². The second-order valence-corrected chi connectivity index (χ2v) is 5.80. The van der Waals surface area contributed by atoms with Crippen LogP contribution < -0.4 is 15.5 Å². The minimum atomic E-state index is -0.214. The number of nitrogens with zero attached hydrogens (tertiary/aromatic N) is 4. The number of ether oxygens (including phenoxy) is 1. The highest BCUT2D eigenvalue weighted by Crippen LogP contribution is 2.15. The lowest BCUT2D eigenvalue weighted by atomic mass is 10.3. The Morgan fingerprint density at radius 2 is 2.22 bits per heavy atom. The molecule has 0 bridgehead atoms. The third kappa shape index (κ3) is 3.93. The molecule has 1 aliphatic heterocycles. The third-order valence-electron chi connectivity index (χ3n) is 3.43. The second-order valence-electron chi connectivity index (χ2n) is 4.94.